The van der Waals surface area contributed by atoms with E-state index in [-0.39, 0.29) is 4.90 Å². The molecule has 0 aliphatic rings. The average molecular weight is 268 g/mol. The van der Waals surface area contributed by atoms with Crippen LogP contribution in [0.15, 0.2) is 53.4 Å². The van der Waals surface area contributed by atoms with E-state index in [9.17, 15) is 8.76 Å². The zero-order valence-electron chi connectivity index (χ0n) is 8.63. The number of ether oxygens (including phenoxy) is 1. The lowest BCUT2D eigenvalue weighted by atomic mass is 10.3. The van der Waals surface area contributed by atoms with Crippen LogP contribution in [-0.4, -0.2) is 8.76 Å². The molecule has 0 amide bonds. The van der Waals surface area contributed by atoms with E-state index in [1.807, 2.05) is 0 Å². The van der Waals surface area contributed by atoms with E-state index in [1.54, 1.807) is 36.4 Å². The number of rotatable bonds is 3. The Hall–Kier alpha value is -1.36. The molecule has 0 aromatic heterocycles. The third-order valence-electron chi connectivity index (χ3n) is 2.05. The third-order valence-corrected chi connectivity index (χ3v) is 2.94. The molecule has 0 spiro atoms. The molecule has 0 aliphatic heterocycles. The van der Waals surface area contributed by atoms with Gasteiger partial charge in [0.05, 0.1) is 0 Å². The van der Waals surface area contributed by atoms with Crippen molar-refractivity contribution in [3.63, 3.8) is 0 Å². The molecular formula is C12H8ClO3S-. The summed E-state index contributed by atoms with van der Waals surface area (Å²) in [5.74, 6) is 1.16. The van der Waals surface area contributed by atoms with Crippen molar-refractivity contribution in [3.05, 3.63) is 53.6 Å². The summed E-state index contributed by atoms with van der Waals surface area (Å²) in [6.07, 6.45) is 0. The molecule has 3 nitrogen and oxygen atoms in total. The minimum atomic E-state index is -2.21. The lowest BCUT2D eigenvalue weighted by molar-refractivity contribution is 0.482. The zero-order chi connectivity index (χ0) is 12.3. The molecule has 5 heteroatoms. The van der Waals surface area contributed by atoms with Crippen LogP contribution in [0.5, 0.6) is 11.5 Å². The second-order valence-corrected chi connectivity index (χ2v) is 4.64. The first-order chi connectivity index (χ1) is 8.15. The Labute approximate surface area is 106 Å². The summed E-state index contributed by atoms with van der Waals surface area (Å²) in [4.78, 5) is 0.225. The maximum absolute atomic E-state index is 10.7. The summed E-state index contributed by atoms with van der Waals surface area (Å²) in [5, 5.41) is 0.583. The van der Waals surface area contributed by atoms with Gasteiger partial charge in [-0.2, -0.15) is 0 Å². The highest BCUT2D eigenvalue weighted by molar-refractivity contribution is 7.79. The van der Waals surface area contributed by atoms with Crippen LogP contribution in [0.3, 0.4) is 0 Å². The number of benzene rings is 2. The molecule has 88 valence electrons. The first-order valence-electron chi connectivity index (χ1n) is 4.78. The van der Waals surface area contributed by atoms with Crippen LogP contribution in [0.2, 0.25) is 5.02 Å². The number of hydrogen-bond donors (Lipinski definition) is 0. The van der Waals surface area contributed by atoms with Crippen molar-refractivity contribution in [2.45, 2.75) is 4.90 Å². The van der Waals surface area contributed by atoms with Crippen molar-refractivity contribution in [1.29, 1.82) is 0 Å². The van der Waals surface area contributed by atoms with Crippen LogP contribution in [-0.2, 0) is 11.1 Å². The molecule has 17 heavy (non-hydrogen) atoms. The van der Waals surface area contributed by atoms with Crippen LogP contribution in [0.25, 0.3) is 0 Å². The number of hydrogen-bond acceptors (Lipinski definition) is 3. The SMILES string of the molecule is O=S([O-])c1ccc(Oc2cccc(Cl)c2)cc1. The normalized spacial score (nSPS) is 12.1. The summed E-state index contributed by atoms with van der Waals surface area (Å²) in [6, 6.07) is 13.1. The van der Waals surface area contributed by atoms with Crippen LogP contribution < -0.4 is 4.74 Å². The van der Waals surface area contributed by atoms with Gasteiger partial charge in [-0.25, -0.2) is 0 Å². The second kappa shape index (κ2) is 5.31. The molecule has 0 radical (unpaired) electrons. The van der Waals surface area contributed by atoms with Crippen molar-refractivity contribution in [3.8, 4) is 11.5 Å². The van der Waals surface area contributed by atoms with Gasteiger partial charge in [-0.3, -0.25) is 4.21 Å². The highest BCUT2D eigenvalue weighted by Gasteiger charge is 1.98. The Morgan fingerprint density at radius 1 is 1.06 bits per heavy atom. The predicted molar refractivity (Wildman–Crippen MR) is 65.2 cm³/mol. The monoisotopic (exact) mass is 267 g/mol. The molecular weight excluding hydrogens is 260 g/mol. The van der Waals surface area contributed by atoms with Gasteiger partial charge in [0.25, 0.3) is 0 Å². The molecule has 0 heterocycles. The molecule has 0 N–H and O–H groups in total. The first kappa shape index (κ1) is 12.1. The quantitative estimate of drug-likeness (QED) is 0.801. The summed E-state index contributed by atoms with van der Waals surface area (Å²) in [7, 11) is 0. The summed E-state index contributed by atoms with van der Waals surface area (Å²) >= 11 is 3.60. The lowest BCUT2D eigenvalue weighted by Gasteiger charge is -2.08. The van der Waals surface area contributed by atoms with Gasteiger partial charge in [0.2, 0.25) is 0 Å². The molecule has 2 aromatic carbocycles. The first-order valence-corrected chi connectivity index (χ1v) is 6.23. The second-order valence-electron chi connectivity index (χ2n) is 3.27. The smallest absolute Gasteiger partial charge is 0.128 e. The largest absolute Gasteiger partial charge is 0.768 e. The topological polar surface area (TPSA) is 49.4 Å². The van der Waals surface area contributed by atoms with Gasteiger partial charge >= 0.3 is 0 Å². The molecule has 1 unspecified atom stereocenters. The minimum absolute atomic E-state index is 0.225. The minimum Gasteiger partial charge on any atom is -0.768 e. The van der Waals surface area contributed by atoms with Gasteiger partial charge < -0.3 is 9.29 Å². The predicted octanol–water partition coefficient (Wildman–Crippen LogP) is 3.37. The molecule has 2 rings (SSSR count). The van der Waals surface area contributed by atoms with E-state index in [2.05, 4.69) is 0 Å². The van der Waals surface area contributed by atoms with Crippen LogP contribution >= 0.6 is 11.6 Å². The van der Waals surface area contributed by atoms with E-state index in [4.69, 9.17) is 16.3 Å². The van der Waals surface area contributed by atoms with E-state index in [1.165, 1.54) is 12.1 Å². The van der Waals surface area contributed by atoms with Crippen molar-refractivity contribution < 1.29 is 13.5 Å². The van der Waals surface area contributed by atoms with Gasteiger partial charge in [-0.1, -0.05) is 17.7 Å². The third kappa shape index (κ3) is 3.30. The van der Waals surface area contributed by atoms with Gasteiger partial charge in [-0.05, 0) is 53.5 Å². The standard InChI is InChI=1S/C12H9ClO3S/c13-9-2-1-3-11(8-9)16-10-4-6-12(7-5-10)17(14)15/h1-8H,(H,14,15)/p-1. The van der Waals surface area contributed by atoms with E-state index < -0.39 is 11.1 Å². The van der Waals surface area contributed by atoms with E-state index in [0.717, 1.165) is 0 Å². The van der Waals surface area contributed by atoms with Gasteiger partial charge in [0, 0.05) is 9.92 Å². The summed E-state index contributed by atoms with van der Waals surface area (Å²) in [5.41, 5.74) is 0. The van der Waals surface area contributed by atoms with Crippen LogP contribution in [0.4, 0.5) is 0 Å². The van der Waals surface area contributed by atoms with Gasteiger partial charge in [-0.15, -0.1) is 0 Å². The maximum atomic E-state index is 10.7. The van der Waals surface area contributed by atoms with Crippen molar-refractivity contribution >= 4 is 22.7 Å². The molecule has 0 fully saturated rings. The van der Waals surface area contributed by atoms with Crippen molar-refractivity contribution in [2.24, 2.45) is 0 Å². The molecule has 0 bridgehead atoms. The number of halogens is 1. The van der Waals surface area contributed by atoms with Crippen LogP contribution in [0.1, 0.15) is 0 Å². The van der Waals surface area contributed by atoms with Gasteiger partial charge in [0.1, 0.15) is 11.5 Å². The molecule has 0 saturated carbocycles. The Morgan fingerprint density at radius 3 is 2.35 bits per heavy atom. The van der Waals surface area contributed by atoms with Crippen molar-refractivity contribution in [1.82, 2.24) is 0 Å². The fourth-order valence-corrected chi connectivity index (χ4v) is 1.82. The van der Waals surface area contributed by atoms with E-state index in [0.29, 0.717) is 16.5 Å². The fraction of sp³-hybridized carbons (Fsp3) is 0. The molecule has 2 aromatic rings. The Bertz CT molecular complexity index is 540. The summed E-state index contributed by atoms with van der Waals surface area (Å²) in [6.45, 7) is 0. The maximum Gasteiger partial charge on any atom is 0.128 e. The molecule has 0 saturated heterocycles. The molecule has 1 atom stereocenters. The highest BCUT2D eigenvalue weighted by atomic mass is 35.5. The van der Waals surface area contributed by atoms with E-state index >= 15 is 0 Å². The zero-order valence-corrected chi connectivity index (χ0v) is 10.2. The highest BCUT2D eigenvalue weighted by Crippen LogP contribution is 2.24. The van der Waals surface area contributed by atoms with Crippen molar-refractivity contribution in [2.75, 3.05) is 0 Å². The fourth-order valence-electron chi connectivity index (χ4n) is 1.29. The Kier molecular flexibility index (Phi) is 3.78. The summed E-state index contributed by atoms with van der Waals surface area (Å²) < 4.78 is 26.8. The molecule has 0 aliphatic carbocycles. The Morgan fingerprint density at radius 2 is 1.76 bits per heavy atom. The lowest BCUT2D eigenvalue weighted by Crippen LogP contribution is -1.89. The Balaban J connectivity index is 2.16. The average Bonchev–Trinajstić information content (AvgIpc) is 2.29. The van der Waals surface area contributed by atoms with Crippen LogP contribution in [0, 0.1) is 0 Å². The van der Waals surface area contributed by atoms with Gasteiger partial charge in [0.15, 0.2) is 0 Å².